The number of ether oxygens (including phenoxy) is 1. The number of carbonyl (C=O) groups is 3. The summed E-state index contributed by atoms with van der Waals surface area (Å²) in [4.78, 5) is 37.6. The lowest BCUT2D eigenvalue weighted by molar-refractivity contribution is -0.183. The van der Waals surface area contributed by atoms with Gasteiger partial charge in [-0.3, -0.25) is 4.79 Å². The van der Waals surface area contributed by atoms with Crippen LogP contribution >= 0.6 is 0 Å². The first-order chi connectivity index (χ1) is 15.7. The van der Waals surface area contributed by atoms with Gasteiger partial charge in [0.25, 0.3) is 0 Å². The molecule has 2 aromatic carbocycles. The van der Waals surface area contributed by atoms with Crippen molar-refractivity contribution in [2.45, 2.75) is 25.4 Å². The highest BCUT2D eigenvalue weighted by atomic mass is 16.5. The number of β-amino-alcohol motifs (C(OH)–C–C–N with tert-alkyl or cyclic N) is 1. The van der Waals surface area contributed by atoms with E-state index in [1.54, 1.807) is 0 Å². The molecule has 2 aromatic rings. The van der Waals surface area contributed by atoms with Crippen LogP contribution in [0.25, 0.3) is 11.1 Å². The predicted octanol–water partition coefficient (Wildman–Crippen LogP) is 2.46. The molecule has 0 bridgehead atoms. The number of amides is 2. The molecule has 33 heavy (non-hydrogen) atoms. The second-order valence-corrected chi connectivity index (χ2v) is 9.09. The third kappa shape index (κ3) is 4.30. The van der Waals surface area contributed by atoms with Gasteiger partial charge in [0.2, 0.25) is 5.91 Å². The highest BCUT2D eigenvalue weighted by Crippen LogP contribution is 2.44. The molecular formula is C25H28N2O6. The van der Waals surface area contributed by atoms with Gasteiger partial charge in [0, 0.05) is 12.5 Å². The number of nitrogens with zero attached hydrogens (tertiary/aromatic N) is 1. The molecule has 3 N–H and O–H groups in total. The van der Waals surface area contributed by atoms with Gasteiger partial charge in [0.05, 0.1) is 19.0 Å². The summed E-state index contributed by atoms with van der Waals surface area (Å²) >= 11 is 0. The van der Waals surface area contributed by atoms with E-state index in [9.17, 15) is 19.5 Å². The van der Waals surface area contributed by atoms with Crippen LogP contribution in [-0.4, -0.2) is 64.9 Å². The molecule has 1 fully saturated rings. The maximum atomic E-state index is 12.8. The molecule has 8 heteroatoms. The highest BCUT2D eigenvalue weighted by Gasteiger charge is 2.51. The van der Waals surface area contributed by atoms with E-state index in [0.717, 1.165) is 22.3 Å². The zero-order valence-electron chi connectivity index (χ0n) is 18.7. The summed E-state index contributed by atoms with van der Waals surface area (Å²) in [6.45, 7) is 3.44. The van der Waals surface area contributed by atoms with Crippen molar-refractivity contribution in [2.24, 2.45) is 11.8 Å². The summed E-state index contributed by atoms with van der Waals surface area (Å²) in [6, 6.07) is 16.1. The van der Waals surface area contributed by atoms with E-state index >= 15 is 0 Å². The molecule has 174 valence electrons. The summed E-state index contributed by atoms with van der Waals surface area (Å²) in [5.74, 6) is -2.34. The number of aliphatic hydroxyl groups is 1. The van der Waals surface area contributed by atoms with E-state index in [-0.39, 0.29) is 44.0 Å². The third-order valence-electron chi connectivity index (χ3n) is 6.55. The molecule has 1 unspecified atom stereocenters. The molecular weight excluding hydrogens is 424 g/mol. The topological polar surface area (TPSA) is 116 Å². The molecule has 1 heterocycles. The molecule has 0 radical (unpaired) electrons. The summed E-state index contributed by atoms with van der Waals surface area (Å²) in [5, 5.41) is 21.6. The molecule has 0 aromatic heterocycles. The number of hydrogen-bond acceptors (Lipinski definition) is 5. The number of carboxylic acids is 1. The minimum absolute atomic E-state index is 0.0551. The highest BCUT2D eigenvalue weighted by molar-refractivity contribution is 5.86. The number of nitrogens with one attached hydrogen (secondary N) is 1. The zero-order valence-corrected chi connectivity index (χ0v) is 18.7. The van der Waals surface area contributed by atoms with Gasteiger partial charge in [-0.1, -0.05) is 62.4 Å². The van der Waals surface area contributed by atoms with Gasteiger partial charge in [0.1, 0.15) is 6.61 Å². The van der Waals surface area contributed by atoms with Crippen molar-refractivity contribution in [3.8, 4) is 11.1 Å². The van der Waals surface area contributed by atoms with Gasteiger partial charge in [-0.2, -0.15) is 0 Å². The van der Waals surface area contributed by atoms with Gasteiger partial charge in [0.15, 0.2) is 5.60 Å². The average molecular weight is 453 g/mol. The number of rotatable bonds is 7. The Labute approximate surface area is 192 Å². The fraction of sp³-hybridized carbons (Fsp3) is 0.400. The fourth-order valence-electron chi connectivity index (χ4n) is 4.56. The van der Waals surface area contributed by atoms with Gasteiger partial charge in [-0.15, -0.1) is 0 Å². The lowest BCUT2D eigenvalue weighted by atomic mass is 9.88. The molecule has 8 nitrogen and oxygen atoms in total. The number of carbonyl (C=O) groups excluding carboxylic acids is 2. The van der Waals surface area contributed by atoms with Crippen molar-refractivity contribution in [3.05, 3.63) is 59.7 Å². The second-order valence-electron chi connectivity index (χ2n) is 9.09. The van der Waals surface area contributed by atoms with Crippen molar-refractivity contribution in [1.29, 1.82) is 0 Å². The average Bonchev–Trinajstić information content (AvgIpc) is 3.09. The van der Waals surface area contributed by atoms with Crippen LogP contribution in [0.5, 0.6) is 0 Å². The Morgan fingerprint density at radius 1 is 1.06 bits per heavy atom. The van der Waals surface area contributed by atoms with Crippen LogP contribution in [0.1, 0.15) is 30.9 Å². The normalized spacial score (nSPS) is 17.0. The van der Waals surface area contributed by atoms with E-state index in [0.29, 0.717) is 0 Å². The van der Waals surface area contributed by atoms with Gasteiger partial charge < -0.3 is 25.2 Å². The number of alkyl carbamates (subject to hydrolysis) is 1. The summed E-state index contributed by atoms with van der Waals surface area (Å²) in [7, 11) is 0. The molecule has 0 saturated carbocycles. The number of benzene rings is 2. The van der Waals surface area contributed by atoms with E-state index in [1.165, 1.54) is 4.90 Å². The van der Waals surface area contributed by atoms with Crippen molar-refractivity contribution in [1.82, 2.24) is 10.2 Å². The first-order valence-electron chi connectivity index (χ1n) is 11.0. The Kier molecular flexibility index (Phi) is 6.12. The Morgan fingerprint density at radius 2 is 1.61 bits per heavy atom. The van der Waals surface area contributed by atoms with Crippen molar-refractivity contribution >= 4 is 18.0 Å². The Bertz CT molecular complexity index is 1030. The van der Waals surface area contributed by atoms with Crippen molar-refractivity contribution < 1.29 is 29.3 Å². The molecule has 2 aliphatic rings. The van der Waals surface area contributed by atoms with E-state index < -0.39 is 23.6 Å². The van der Waals surface area contributed by atoms with Crippen LogP contribution in [0.2, 0.25) is 0 Å². The lowest BCUT2D eigenvalue weighted by Gasteiger charge is -2.45. The summed E-state index contributed by atoms with van der Waals surface area (Å²) in [5.41, 5.74) is 2.62. The van der Waals surface area contributed by atoms with E-state index in [4.69, 9.17) is 9.84 Å². The van der Waals surface area contributed by atoms with Gasteiger partial charge >= 0.3 is 12.1 Å². The van der Waals surface area contributed by atoms with Crippen molar-refractivity contribution in [3.63, 3.8) is 0 Å². The number of fused-ring (bicyclic) bond motifs is 3. The number of carboxylic acid groups (broad SMARTS) is 1. The Hall–Kier alpha value is -3.39. The molecule has 1 aliphatic carbocycles. The molecule has 0 spiro atoms. The molecule has 2 amide bonds. The van der Waals surface area contributed by atoms with Crippen LogP contribution in [-0.2, 0) is 14.3 Å². The number of aliphatic carboxylic acids is 1. The van der Waals surface area contributed by atoms with Gasteiger partial charge in [-0.05, 0) is 28.2 Å². The molecule has 1 atom stereocenters. The lowest BCUT2D eigenvalue weighted by Crippen LogP contribution is -2.68. The number of hydrogen-bond donors (Lipinski definition) is 3. The number of likely N-dealkylation sites (tertiary alicyclic amines) is 1. The molecule has 4 rings (SSSR count). The quantitative estimate of drug-likeness (QED) is 0.594. The van der Waals surface area contributed by atoms with E-state index in [2.05, 4.69) is 17.4 Å². The molecule has 1 saturated heterocycles. The smallest absolute Gasteiger partial charge is 0.407 e. The molecule has 1 aliphatic heterocycles. The maximum absolute atomic E-state index is 12.8. The Balaban J connectivity index is 1.33. The minimum atomic E-state index is -1.89. The fourth-order valence-corrected chi connectivity index (χ4v) is 4.56. The SMILES string of the molecule is CC(C)C(CNC(=O)OCC1c2ccccc2-c2ccccc21)C(=O)N1CC(O)(C(=O)O)C1. The predicted molar refractivity (Wildman–Crippen MR) is 121 cm³/mol. The first kappa shape index (κ1) is 22.8. The first-order valence-corrected chi connectivity index (χ1v) is 11.0. The third-order valence-corrected chi connectivity index (χ3v) is 6.55. The maximum Gasteiger partial charge on any atom is 0.407 e. The van der Waals surface area contributed by atoms with Crippen LogP contribution in [0, 0.1) is 11.8 Å². The van der Waals surface area contributed by atoms with E-state index in [1.807, 2.05) is 50.2 Å². The van der Waals surface area contributed by atoms with Crippen LogP contribution in [0.4, 0.5) is 4.79 Å². The van der Waals surface area contributed by atoms with Crippen LogP contribution in [0.15, 0.2) is 48.5 Å². The van der Waals surface area contributed by atoms with Gasteiger partial charge in [-0.25, -0.2) is 9.59 Å². The van der Waals surface area contributed by atoms with Crippen LogP contribution < -0.4 is 5.32 Å². The van der Waals surface area contributed by atoms with Crippen LogP contribution in [0.3, 0.4) is 0 Å². The van der Waals surface area contributed by atoms with Crippen molar-refractivity contribution in [2.75, 3.05) is 26.2 Å². The summed E-state index contributed by atoms with van der Waals surface area (Å²) < 4.78 is 5.52. The largest absolute Gasteiger partial charge is 0.479 e. The zero-order chi connectivity index (χ0) is 23.8. The summed E-state index contributed by atoms with van der Waals surface area (Å²) in [6.07, 6.45) is -0.610. The standard InChI is InChI=1S/C25H28N2O6/c1-15(2)20(22(28)27-13-25(32,14-27)23(29)30)11-26-24(31)33-12-21-18-9-5-3-7-16(18)17-8-4-6-10-19(17)21/h3-10,15,20-21,32H,11-14H2,1-2H3,(H,26,31)(H,29,30). The Morgan fingerprint density at radius 3 is 2.12 bits per heavy atom. The minimum Gasteiger partial charge on any atom is -0.479 e. The monoisotopic (exact) mass is 452 g/mol. The second kappa shape index (κ2) is 8.86.